The van der Waals surface area contributed by atoms with Crippen LogP contribution in [0.5, 0.6) is 11.5 Å². The highest BCUT2D eigenvalue weighted by Gasteiger charge is 2.14. The summed E-state index contributed by atoms with van der Waals surface area (Å²) in [6, 6.07) is 9.30. The van der Waals surface area contributed by atoms with Gasteiger partial charge in [0.15, 0.2) is 17.1 Å². The smallest absolute Gasteiger partial charge is 0.240 e. The molecule has 0 bridgehead atoms. The number of nitrogens with zero attached hydrogens (tertiary/aromatic N) is 4. The van der Waals surface area contributed by atoms with Crippen LogP contribution in [-0.4, -0.2) is 31.8 Å². The largest absolute Gasteiger partial charge is 0.504 e. The van der Waals surface area contributed by atoms with Gasteiger partial charge in [-0.2, -0.15) is 9.50 Å². The molecule has 2 aromatic heterocycles. The molecular formula is C17H14FN5O2. The molecule has 7 nitrogen and oxygen atoms in total. The average Bonchev–Trinajstić information content (AvgIpc) is 2.98. The summed E-state index contributed by atoms with van der Waals surface area (Å²) in [4.78, 5) is 8.74. The molecule has 0 amide bonds. The number of aromatic hydroxyl groups is 1. The minimum Gasteiger partial charge on any atom is -0.504 e. The quantitative estimate of drug-likeness (QED) is 0.594. The molecule has 0 radical (unpaired) electrons. The van der Waals surface area contributed by atoms with Crippen molar-refractivity contribution in [3.8, 4) is 11.5 Å². The Hall–Kier alpha value is -3.42. The second-order valence-electron chi connectivity index (χ2n) is 5.58. The minimum absolute atomic E-state index is 0.0509. The first-order valence-electron chi connectivity index (χ1n) is 7.51. The highest BCUT2D eigenvalue weighted by molar-refractivity contribution is 5.91. The van der Waals surface area contributed by atoms with E-state index in [1.54, 1.807) is 28.8 Å². The predicted molar refractivity (Wildman–Crippen MR) is 90.1 cm³/mol. The zero-order valence-corrected chi connectivity index (χ0v) is 13.3. The third-order valence-electron chi connectivity index (χ3n) is 3.92. The van der Waals surface area contributed by atoms with Crippen LogP contribution in [0.4, 0.5) is 10.3 Å². The van der Waals surface area contributed by atoms with Gasteiger partial charge in [0.2, 0.25) is 5.95 Å². The number of aromatic nitrogens is 4. The number of anilines is 1. The lowest BCUT2D eigenvalue weighted by atomic mass is 10.1. The number of rotatable bonds is 3. The Morgan fingerprint density at radius 1 is 1.20 bits per heavy atom. The van der Waals surface area contributed by atoms with Crippen molar-refractivity contribution in [2.75, 3.05) is 12.8 Å². The Kier molecular flexibility index (Phi) is 3.38. The molecule has 0 aliphatic carbocycles. The van der Waals surface area contributed by atoms with Gasteiger partial charge >= 0.3 is 0 Å². The van der Waals surface area contributed by atoms with E-state index < -0.39 is 0 Å². The van der Waals surface area contributed by atoms with Gasteiger partial charge in [0, 0.05) is 17.9 Å². The fourth-order valence-corrected chi connectivity index (χ4v) is 2.78. The first-order chi connectivity index (χ1) is 12.0. The normalized spacial score (nSPS) is 11.3. The second kappa shape index (κ2) is 5.59. The summed E-state index contributed by atoms with van der Waals surface area (Å²) >= 11 is 0. The molecule has 0 atom stereocenters. The number of ether oxygens (including phenoxy) is 1. The third-order valence-corrected chi connectivity index (χ3v) is 3.92. The van der Waals surface area contributed by atoms with E-state index in [0.29, 0.717) is 34.5 Å². The van der Waals surface area contributed by atoms with Crippen molar-refractivity contribution in [1.82, 2.24) is 19.6 Å². The van der Waals surface area contributed by atoms with E-state index in [4.69, 9.17) is 10.5 Å². The van der Waals surface area contributed by atoms with Gasteiger partial charge in [0.05, 0.1) is 12.6 Å². The van der Waals surface area contributed by atoms with Crippen LogP contribution in [0.15, 0.2) is 36.4 Å². The summed E-state index contributed by atoms with van der Waals surface area (Å²) in [6.45, 7) is 0. The van der Waals surface area contributed by atoms with E-state index >= 15 is 0 Å². The maximum absolute atomic E-state index is 13.6. The minimum atomic E-state index is -0.380. The molecule has 0 aliphatic rings. The monoisotopic (exact) mass is 339 g/mol. The van der Waals surface area contributed by atoms with Gasteiger partial charge in [-0.25, -0.2) is 9.37 Å². The summed E-state index contributed by atoms with van der Waals surface area (Å²) < 4.78 is 20.3. The zero-order chi connectivity index (χ0) is 17.6. The van der Waals surface area contributed by atoms with Crippen molar-refractivity contribution in [2.24, 2.45) is 0 Å². The lowest BCUT2D eigenvalue weighted by molar-refractivity contribution is 0.373. The number of hydrogen-bond acceptors (Lipinski definition) is 6. The van der Waals surface area contributed by atoms with Crippen molar-refractivity contribution < 1.29 is 14.2 Å². The molecule has 2 heterocycles. The van der Waals surface area contributed by atoms with Gasteiger partial charge in [-0.1, -0.05) is 6.07 Å². The van der Waals surface area contributed by atoms with E-state index in [1.165, 1.54) is 19.2 Å². The highest BCUT2D eigenvalue weighted by Crippen LogP contribution is 2.28. The summed E-state index contributed by atoms with van der Waals surface area (Å²) in [6.07, 6.45) is 0.377. The van der Waals surface area contributed by atoms with Crippen LogP contribution in [0.1, 0.15) is 11.4 Å². The van der Waals surface area contributed by atoms with Gasteiger partial charge in [0.1, 0.15) is 11.6 Å². The lowest BCUT2D eigenvalue weighted by Gasteiger charge is -2.09. The standard InChI is InChI=1S/C17H14FN5O2/c1-25-14-6-9(2-5-13(14)24)7-15-20-12-8-10(18)3-4-11(12)16-21-17(19)22-23(15)16/h2-6,8,24H,7H2,1H3,(H2,19,22). The van der Waals surface area contributed by atoms with Crippen molar-refractivity contribution in [1.29, 1.82) is 0 Å². The van der Waals surface area contributed by atoms with E-state index in [-0.39, 0.29) is 17.5 Å². The number of halogens is 1. The van der Waals surface area contributed by atoms with Crippen LogP contribution in [0.3, 0.4) is 0 Å². The fourth-order valence-electron chi connectivity index (χ4n) is 2.78. The predicted octanol–water partition coefficient (Wildman–Crippen LogP) is 2.30. The molecular weight excluding hydrogens is 325 g/mol. The van der Waals surface area contributed by atoms with Crippen molar-refractivity contribution >= 4 is 22.5 Å². The number of nitrogen functional groups attached to an aromatic ring is 1. The number of hydrogen-bond donors (Lipinski definition) is 2. The van der Waals surface area contributed by atoms with Gasteiger partial charge in [-0.05, 0) is 29.8 Å². The van der Waals surface area contributed by atoms with Gasteiger partial charge < -0.3 is 15.6 Å². The van der Waals surface area contributed by atoms with Crippen LogP contribution >= 0.6 is 0 Å². The van der Waals surface area contributed by atoms with Crippen molar-refractivity contribution in [3.05, 3.63) is 53.6 Å². The Morgan fingerprint density at radius 3 is 2.84 bits per heavy atom. The SMILES string of the molecule is COc1cc(Cc2nc3cc(F)ccc3c3nc(N)nn23)ccc1O. The fraction of sp³-hybridized carbons (Fsp3) is 0.118. The molecule has 0 fully saturated rings. The van der Waals surface area contributed by atoms with E-state index in [1.807, 2.05) is 0 Å². The number of phenolic OH excluding ortho intramolecular Hbond substituents is 1. The number of nitrogens with two attached hydrogens (primary N) is 1. The summed E-state index contributed by atoms with van der Waals surface area (Å²) in [5.74, 6) is 0.691. The van der Waals surface area contributed by atoms with Crippen LogP contribution in [0.2, 0.25) is 0 Å². The van der Waals surface area contributed by atoms with Crippen LogP contribution in [0.25, 0.3) is 16.6 Å². The third kappa shape index (κ3) is 2.57. The Labute approximate surface area is 141 Å². The van der Waals surface area contributed by atoms with E-state index in [0.717, 1.165) is 5.56 Å². The van der Waals surface area contributed by atoms with Crippen molar-refractivity contribution in [3.63, 3.8) is 0 Å². The maximum atomic E-state index is 13.6. The van der Waals surface area contributed by atoms with Gasteiger partial charge in [-0.15, -0.1) is 5.10 Å². The Bertz CT molecular complexity index is 1110. The molecule has 0 aliphatic heterocycles. The molecule has 126 valence electrons. The summed E-state index contributed by atoms with van der Waals surface area (Å²) in [7, 11) is 1.48. The molecule has 25 heavy (non-hydrogen) atoms. The Morgan fingerprint density at radius 2 is 2.04 bits per heavy atom. The maximum Gasteiger partial charge on any atom is 0.240 e. The first-order valence-corrected chi connectivity index (χ1v) is 7.51. The van der Waals surface area contributed by atoms with E-state index in [2.05, 4.69) is 15.1 Å². The summed E-state index contributed by atoms with van der Waals surface area (Å²) in [5.41, 5.74) is 7.57. The molecule has 0 saturated carbocycles. The van der Waals surface area contributed by atoms with E-state index in [9.17, 15) is 9.50 Å². The van der Waals surface area contributed by atoms with Crippen LogP contribution in [0, 0.1) is 5.82 Å². The van der Waals surface area contributed by atoms with Gasteiger partial charge in [-0.3, -0.25) is 0 Å². The second-order valence-corrected chi connectivity index (χ2v) is 5.58. The Balaban J connectivity index is 1.90. The number of methoxy groups -OCH3 is 1. The summed E-state index contributed by atoms with van der Waals surface area (Å²) in [5, 5.41) is 14.6. The molecule has 0 spiro atoms. The molecule has 2 aromatic carbocycles. The number of fused-ring (bicyclic) bond motifs is 3. The lowest BCUT2D eigenvalue weighted by Crippen LogP contribution is -2.05. The molecule has 8 heteroatoms. The first kappa shape index (κ1) is 15.1. The van der Waals surface area contributed by atoms with Gasteiger partial charge in [0.25, 0.3) is 0 Å². The molecule has 3 N–H and O–H groups in total. The number of phenols is 1. The topological polar surface area (TPSA) is 98.6 Å². The molecule has 0 unspecified atom stereocenters. The molecule has 4 rings (SSSR count). The highest BCUT2D eigenvalue weighted by atomic mass is 19.1. The average molecular weight is 339 g/mol. The zero-order valence-electron chi connectivity index (χ0n) is 13.3. The van der Waals surface area contributed by atoms with Crippen LogP contribution in [-0.2, 0) is 6.42 Å². The molecule has 0 saturated heterocycles. The molecule has 4 aromatic rings. The van der Waals surface area contributed by atoms with Crippen molar-refractivity contribution in [2.45, 2.75) is 6.42 Å². The van der Waals surface area contributed by atoms with Crippen LogP contribution < -0.4 is 10.5 Å². The number of benzene rings is 2.